The Kier molecular flexibility index (Phi) is 4.53. The molecule has 0 amide bonds. The third kappa shape index (κ3) is 4.61. The first-order chi connectivity index (χ1) is 8.31. The van der Waals surface area contributed by atoms with Crippen molar-refractivity contribution in [3.8, 4) is 5.75 Å². The molecule has 1 N–H and O–H groups in total. The molecule has 5 heteroatoms. The van der Waals surface area contributed by atoms with Crippen molar-refractivity contribution in [2.75, 3.05) is 11.9 Å². The summed E-state index contributed by atoms with van der Waals surface area (Å²) in [4.78, 5) is 10.5. The molecule has 0 saturated carbocycles. The second kappa shape index (κ2) is 5.71. The Bertz CT molecular complexity index is 425. The van der Waals surface area contributed by atoms with Gasteiger partial charge < -0.3 is 10.1 Å². The van der Waals surface area contributed by atoms with Crippen molar-refractivity contribution in [2.45, 2.75) is 39.7 Å². The highest BCUT2D eigenvalue weighted by Gasteiger charge is 2.16. The van der Waals surface area contributed by atoms with Crippen LogP contribution in [-0.4, -0.2) is 17.1 Å². The molecule has 0 atom stereocenters. The van der Waals surface area contributed by atoms with Crippen LogP contribution in [0.4, 0.5) is 11.4 Å². The Hall–Kier alpha value is -1.78. The number of hydrogen-bond donors (Lipinski definition) is 1. The number of nitrogens with zero attached hydrogens (tertiary/aromatic N) is 1. The Morgan fingerprint density at radius 2 is 2.00 bits per heavy atom. The second-order valence-electron chi connectivity index (χ2n) is 5.11. The quantitative estimate of drug-likeness (QED) is 0.642. The molecule has 0 saturated heterocycles. The van der Waals surface area contributed by atoms with E-state index < -0.39 is 4.92 Å². The van der Waals surface area contributed by atoms with E-state index >= 15 is 0 Å². The Labute approximate surface area is 107 Å². The number of rotatable bonds is 5. The van der Waals surface area contributed by atoms with Gasteiger partial charge in [0, 0.05) is 24.4 Å². The van der Waals surface area contributed by atoms with Gasteiger partial charge in [-0.25, -0.2) is 0 Å². The van der Waals surface area contributed by atoms with Gasteiger partial charge in [0.2, 0.25) is 0 Å². The third-order valence-electron chi connectivity index (χ3n) is 2.11. The first-order valence-corrected chi connectivity index (χ1v) is 6.04. The van der Waals surface area contributed by atoms with Crippen LogP contribution in [0.3, 0.4) is 0 Å². The lowest BCUT2D eigenvalue weighted by atomic mass is 10.2. The van der Waals surface area contributed by atoms with Crippen molar-refractivity contribution >= 4 is 11.4 Å². The van der Waals surface area contributed by atoms with Crippen LogP contribution in [0.1, 0.15) is 34.1 Å². The van der Waals surface area contributed by atoms with Gasteiger partial charge in [0.1, 0.15) is 11.4 Å². The number of ether oxygens (including phenoxy) is 1. The minimum atomic E-state index is -0.410. The minimum Gasteiger partial charge on any atom is -0.488 e. The molecule has 1 aromatic carbocycles. The number of nitrogens with one attached hydrogen (secondary N) is 1. The molecular weight excluding hydrogens is 232 g/mol. The van der Waals surface area contributed by atoms with Crippen molar-refractivity contribution < 1.29 is 9.66 Å². The van der Waals surface area contributed by atoms with E-state index in [1.807, 2.05) is 27.7 Å². The van der Waals surface area contributed by atoms with Crippen LogP contribution in [0.15, 0.2) is 18.2 Å². The fraction of sp³-hybridized carbons (Fsp3) is 0.538. The van der Waals surface area contributed by atoms with E-state index in [9.17, 15) is 10.1 Å². The number of nitro groups is 1. The highest BCUT2D eigenvalue weighted by atomic mass is 16.6. The Morgan fingerprint density at radius 1 is 1.33 bits per heavy atom. The van der Waals surface area contributed by atoms with Crippen molar-refractivity contribution in [1.29, 1.82) is 0 Å². The molecule has 0 spiro atoms. The number of hydrogen-bond acceptors (Lipinski definition) is 4. The normalized spacial score (nSPS) is 11.1. The molecule has 100 valence electrons. The maximum absolute atomic E-state index is 10.9. The Morgan fingerprint density at radius 3 is 2.50 bits per heavy atom. The lowest BCUT2D eigenvalue weighted by Crippen LogP contribution is -2.23. The predicted molar refractivity (Wildman–Crippen MR) is 72.3 cm³/mol. The summed E-state index contributed by atoms with van der Waals surface area (Å²) in [7, 11) is 0. The van der Waals surface area contributed by atoms with Crippen molar-refractivity contribution in [1.82, 2.24) is 0 Å². The van der Waals surface area contributed by atoms with Crippen molar-refractivity contribution in [2.24, 2.45) is 0 Å². The maximum Gasteiger partial charge on any atom is 0.275 e. The molecular formula is C13H20N2O3. The molecule has 1 rings (SSSR count). The van der Waals surface area contributed by atoms with E-state index in [2.05, 4.69) is 5.32 Å². The number of non-ortho nitro benzene ring substituents is 1. The number of benzene rings is 1. The summed E-state index contributed by atoms with van der Waals surface area (Å²) in [6, 6.07) is 4.75. The van der Waals surface area contributed by atoms with Crippen molar-refractivity contribution in [3.05, 3.63) is 28.3 Å². The zero-order valence-corrected chi connectivity index (χ0v) is 11.3. The van der Waals surface area contributed by atoms with Gasteiger partial charge in [-0.3, -0.25) is 10.1 Å². The molecule has 0 fully saturated rings. The predicted octanol–water partition coefficient (Wildman–Crippen LogP) is 3.59. The fourth-order valence-corrected chi connectivity index (χ4v) is 1.47. The van der Waals surface area contributed by atoms with Crippen LogP contribution in [0.5, 0.6) is 5.75 Å². The van der Waals surface area contributed by atoms with Crippen LogP contribution in [-0.2, 0) is 0 Å². The SMILES string of the molecule is CCCNc1cc(OC(C)(C)C)cc([N+](=O)[O-])c1. The highest BCUT2D eigenvalue weighted by molar-refractivity contribution is 5.56. The molecule has 0 bridgehead atoms. The van der Waals surface area contributed by atoms with Gasteiger partial charge in [0.05, 0.1) is 11.0 Å². The fourth-order valence-electron chi connectivity index (χ4n) is 1.47. The summed E-state index contributed by atoms with van der Waals surface area (Å²) in [5, 5.41) is 14.0. The summed E-state index contributed by atoms with van der Waals surface area (Å²) in [6.45, 7) is 8.54. The molecule has 0 unspecified atom stereocenters. The van der Waals surface area contributed by atoms with E-state index in [1.54, 1.807) is 6.07 Å². The summed E-state index contributed by atoms with van der Waals surface area (Å²) < 4.78 is 5.67. The molecule has 5 nitrogen and oxygen atoms in total. The number of anilines is 1. The first kappa shape index (κ1) is 14.3. The molecule has 0 aliphatic carbocycles. The zero-order chi connectivity index (χ0) is 13.8. The summed E-state index contributed by atoms with van der Waals surface area (Å²) in [6.07, 6.45) is 0.957. The van der Waals surface area contributed by atoms with Gasteiger partial charge in [-0.05, 0) is 27.2 Å². The molecule has 0 aromatic heterocycles. The van der Waals surface area contributed by atoms with Gasteiger partial charge >= 0.3 is 0 Å². The van der Waals surface area contributed by atoms with Crippen LogP contribution in [0, 0.1) is 10.1 Å². The smallest absolute Gasteiger partial charge is 0.275 e. The third-order valence-corrected chi connectivity index (χ3v) is 2.11. The van der Waals surface area contributed by atoms with E-state index in [0.29, 0.717) is 11.4 Å². The average molecular weight is 252 g/mol. The zero-order valence-electron chi connectivity index (χ0n) is 11.3. The molecule has 0 radical (unpaired) electrons. The summed E-state index contributed by atoms with van der Waals surface area (Å²) in [5.41, 5.74) is 0.373. The Balaban J connectivity index is 3.02. The van der Waals surface area contributed by atoms with E-state index in [-0.39, 0.29) is 11.3 Å². The van der Waals surface area contributed by atoms with E-state index in [0.717, 1.165) is 13.0 Å². The van der Waals surface area contributed by atoms with Crippen LogP contribution in [0.25, 0.3) is 0 Å². The van der Waals surface area contributed by atoms with Gasteiger partial charge in [-0.2, -0.15) is 0 Å². The largest absolute Gasteiger partial charge is 0.488 e. The molecule has 0 aliphatic heterocycles. The maximum atomic E-state index is 10.9. The standard InChI is InChI=1S/C13H20N2O3/c1-5-6-14-10-7-11(15(16)17)9-12(8-10)18-13(2,3)4/h7-9,14H,5-6H2,1-4H3. The molecule has 1 aromatic rings. The average Bonchev–Trinajstić information content (AvgIpc) is 2.23. The van der Waals surface area contributed by atoms with Crippen LogP contribution < -0.4 is 10.1 Å². The van der Waals surface area contributed by atoms with E-state index in [4.69, 9.17) is 4.74 Å². The van der Waals surface area contributed by atoms with Gasteiger partial charge in [0.15, 0.2) is 0 Å². The molecule has 0 heterocycles. The monoisotopic (exact) mass is 252 g/mol. The lowest BCUT2D eigenvalue weighted by Gasteiger charge is -2.21. The first-order valence-electron chi connectivity index (χ1n) is 6.04. The van der Waals surface area contributed by atoms with Gasteiger partial charge in [0.25, 0.3) is 5.69 Å². The highest BCUT2D eigenvalue weighted by Crippen LogP contribution is 2.28. The van der Waals surface area contributed by atoms with Gasteiger partial charge in [-0.15, -0.1) is 0 Å². The van der Waals surface area contributed by atoms with Crippen LogP contribution >= 0.6 is 0 Å². The second-order valence-corrected chi connectivity index (χ2v) is 5.11. The summed E-state index contributed by atoms with van der Waals surface area (Å²) in [5.74, 6) is 0.510. The van der Waals surface area contributed by atoms with Gasteiger partial charge in [-0.1, -0.05) is 6.92 Å². The van der Waals surface area contributed by atoms with Crippen LogP contribution in [0.2, 0.25) is 0 Å². The summed E-state index contributed by atoms with van der Waals surface area (Å²) >= 11 is 0. The minimum absolute atomic E-state index is 0.0374. The number of nitro benzene ring substituents is 1. The topological polar surface area (TPSA) is 64.4 Å². The van der Waals surface area contributed by atoms with Crippen molar-refractivity contribution in [3.63, 3.8) is 0 Å². The molecule has 0 aliphatic rings. The molecule has 18 heavy (non-hydrogen) atoms. The lowest BCUT2D eigenvalue weighted by molar-refractivity contribution is -0.384. The van der Waals surface area contributed by atoms with E-state index in [1.165, 1.54) is 12.1 Å².